The Morgan fingerprint density at radius 3 is 2.86 bits per heavy atom. The van der Waals surface area contributed by atoms with Crippen LogP contribution in [0.5, 0.6) is 0 Å². The van der Waals surface area contributed by atoms with Gasteiger partial charge in [0.2, 0.25) is 0 Å². The molecule has 1 aliphatic heterocycles. The van der Waals surface area contributed by atoms with Crippen LogP contribution in [0.15, 0.2) is 11.2 Å². The van der Waals surface area contributed by atoms with Crippen molar-refractivity contribution in [2.75, 3.05) is 13.2 Å². The molecule has 0 spiro atoms. The van der Waals surface area contributed by atoms with Crippen LogP contribution in [0.1, 0.15) is 36.5 Å². The summed E-state index contributed by atoms with van der Waals surface area (Å²) < 4.78 is 31.0. The molecule has 2 rings (SSSR count). The predicted octanol–water partition coefficient (Wildman–Crippen LogP) is 0.214. The average Bonchev–Trinajstić information content (AvgIpc) is 2.97. The quantitative estimate of drug-likeness (QED) is 0.738. The molecule has 1 aliphatic rings. The van der Waals surface area contributed by atoms with E-state index in [0.29, 0.717) is 12.8 Å². The van der Waals surface area contributed by atoms with Gasteiger partial charge in [-0.25, -0.2) is 13.2 Å². The number of carboxylic acids is 1. The predicted molar refractivity (Wildman–Crippen MR) is 73.7 cm³/mol. The summed E-state index contributed by atoms with van der Waals surface area (Å²) in [6.45, 7) is 1.77. The van der Waals surface area contributed by atoms with Crippen molar-refractivity contribution in [3.63, 3.8) is 0 Å². The summed E-state index contributed by atoms with van der Waals surface area (Å²) >= 11 is 0. The summed E-state index contributed by atoms with van der Waals surface area (Å²) in [4.78, 5) is 23.1. The zero-order valence-electron chi connectivity index (χ0n) is 12.0. The first-order chi connectivity index (χ1) is 10.4. The molecule has 10 heteroatoms. The Balaban J connectivity index is 2.40. The van der Waals surface area contributed by atoms with Gasteiger partial charge in [-0.3, -0.25) is 9.89 Å². The highest BCUT2D eigenvalue weighted by atomic mass is 32.2. The van der Waals surface area contributed by atoms with E-state index in [0.717, 1.165) is 10.5 Å². The lowest BCUT2D eigenvalue weighted by atomic mass is 10.1. The second-order valence-electron chi connectivity index (χ2n) is 4.80. The molecule has 9 nitrogen and oxygen atoms in total. The van der Waals surface area contributed by atoms with Gasteiger partial charge in [0.25, 0.3) is 10.0 Å². The highest BCUT2D eigenvalue weighted by Gasteiger charge is 2.40. The Morgan fingerprint density at radius 2 is 2.23 bits per heavy atom. The maximum Gasteiger partial charge on any atom is 0.342 e. The standard InChI is InChI=1S/C12H17N3O6S/c1-2-21-12(18)8-7-13-14-10(8)22(19,20)15-6-4-3-5-9(15)11(16)17/h7,9H,2-6H2,1H3,(H,13,14)(H,16,17). The van der Waals surface area contributed by atoms with Crippen LogP contribution in [-0.2, 0) is 19.6 Å². The van der Waals surface area contributed by atoms with E-state index in [1.54, 1.807) is 6.92 Å². The Morgan fingerprint density at radius 1 is 1.50 bits per heavy atom. The second-order valence-corrected chi connectivity index (χ2v) is 6.63. The van der Waals surface area contributed by atoms with Gasteiger partial charge in [-0.15, -0.1) is 0 Å². The lowest BCUT2D eigenvalue weighted by Crippen LogP contribution is -2.48. The summed E-state index contributed by atoms with van der Waals surface area (Å²) in [5, 5.41) is 14.6. The number of ether oxygens (including phenoxy) is 1. The van der Waals surface area contributed by atoms with E-state index in [-0.39, 0.29) is 25.1 Å². The van der Waals surface area contributed by atoms with Crippen LogP contribution in [0.3, 0.4) is 0 Å². The van der Waals surface area contributed by atoms with E-state index in [1.807, 2.05) is 0 Å². The number of aromatic nitrogens is 2. The van der Waals surface area contributed by atoms with Gasteiger partial charge >= 0.3 is 11.9 Å². The Bertz CT molecular complexity index is 668. The number of carbonyl (C=O) groups excluding carboxylic acids is 1. The number of carboxylic acid groups (broad SMARTS) is 1. The number of hydrogen-bond donors (Lipinski definition) is 2. The Labute approximate surface area is 127 Å². The van der Waals surface area contributed by atoms with Crippen LogP contribution >= 0.6 is 0 Å². The molecule has 0 bridgehead atoms. The maximum atomic E-state index is 12.7. The zero-order valence-corrected chi connectivity index (χ0v) is 12.8. The van der Waals surface area contributed by atoms with Crippen molar-refractivity contribution in [3.8, 4) is 0 Å². The van der Waals surface area contributed by atoms with Crippen LogP contribution < -0.4 is 0 Å². The molecule has 0 aliphatic carbocycles. The molecule has 1 aromatic heterocycles. The van der Waals surface area contributed by atoms with E-state index in [2.05, 4.69) is 10.2 Å². The first-order valence-corrected chi connectivity index (χ1v) is 8.28. The molecule has 1 saturated heterocycles. The molecule has 1 aromatic rings. The van der Waals surface area contributed by atoms with E-state index in [9.17, 15) is 23.1 Å². The Kier molecular flexibility index (Phi) is 4.81. The molecule has 122 valence electrons. The third-order valence-corrected chi connectivity index (χ3v) is 5.29. The number of aromatic amines is 1. The fraction of sp³-hybridized carbons (Fsp3) is 0.583. The van der Waals surface area contributed by atoms with Gasteiger partial charge in [-0.05, 0) is 26.2 Å². The van der Waals surface area contributed by atoms with E-state index < -0.39 is 33.0 Å². The number of piperidine rings is 1. The molecule has 22 heavy (non-hydrogen) atoms. The molecule has 2 N–H and O–H groups in total. The second kappa shape index (κ2) is 6.44. The molecular weight excluding hydrogens is 314 g/mol. The lowest BCUT2D eigenvalue weighted by molar-refractivity contribution is -0.142. The largest absolute Gasteiger partial charge is 0.480 e. The van der Waals surface area contributed by atoms with Crippen molar-refractivity contribution in [3.05, 3.63) is 11.8 Å². The van der Waals surface area contributed by atoms with Crippen LogP contribution in [0.25, 0.3) is 0 Å². The number of carbonyl (C=O) groups is 2. The molecule has 1 unspecified atom stereocenters. The van der Waals surface area contributed by atoms with Gasteiger partial charge in [0.1, 0.15) is 11.6 Å². The molecule has 1 fully saturated rings. The fourth-order valence-electron chi connectivity index (χ4n) is 2.38. The summed E-state index contributed by atoms with van der Waals surface area (Å²) in [6, 6.07) is -1.14. The molecule has 0 aromatic carbocycles. The van der Waals surface area contributed by atoms with Crippen LogP contribution in [0.4, 0.5) is 0 Å². The third kappa shape index (κ3) is 2.97. The number of rotatable bonds is 5. The number of sulfonamides is 1. The zero-order chi connectivity index (χ0) is 16.3. The number of nitrogens with one attached hydrogen (secondary N) is 1. The van der Waals surface area contributed by atoms with Crippen molar-refractivity contribution < 1.29 is 27.9 Å². The highest BCUT2D eigenvalue weighted by molar-refractivity contribution is 7.89. The SMILES string of the molecule is CCOC(=O)c1cn[nH]c1S(=O)(=O)N1CCCCC1C(=O)O. The molecule has 1 atom stereocenters. The average molecular weight is 331 g/mol. The van der Waals surface area contributed by atoms with Crippen molar-refractivity contribution in [2.24, 2.45) is 0 Å². The summed E-state index contributed by atoms with van der Waals surface area (Å²) in [5.41, 5.74) is -0.225. The number of esters is 1. The highest BCUT2D eigenvalue weighted by Crippen LogP contribution is 2.26. The van der Waals surface area contributed by atoms with Gasteiger partial charge in [-0.1, -0.05) is 0 Å². The number of H-pyrrole nitrogens is 1. The molecule has 0 amide bonds. The number of nitrogens with zero attached hydrogens (tertiary/aromatic N) is 2. The smallest absolute Gasteiger partial charge is 0.342 e. The fourth-order valence-corrected chi connectivity index (χ4v) is 4.10. The summed E-state index contributed by atoms with van der Waals surface area (Å²) in [6.07, 6.45) is 2.49. The maximum absolute atomic E-state index is 12.7. The van der Waals surface area contributed by atoms with Crippen molar-refractivity contribution in [1.82, 2.24) is 14.5 Å². The first kappa shape index (κ1) is 16.4. The number of hydrogen-bond acceptors (Lipinski definition) is 6. The van der Waals surface area contributed by atoms with Gasteiger partial charge < -0.3 is 9.84 Å². The van der Waals surface area contributed by atoms with Crippen LogP contribution in [-0.4, -0.2) is 59.2 Å². The summed E-state index contributed by atoms with van der Waals surface area (Å²) in [5.74, 6) is -2.03. The van der Waals surface area contributed by atoms with Crippen LogP contribution in [0, 0.1) is 0 Å². The normalized spacial score (nSPS) is 19.8. The van der Waals surface area contributed by atoms with Crippen molar-refractivity contribution >= 4 is 22.0 Å². The monoisotopic (exact) mass is 331 g/mol. The van der Waals surface area contributed by atoms with Gasteiger partial charge in [0.15, 0.2) is 5.03 Å². The van der Waals surface area contributed by atoms with Gasteiger partial charge in [-0.2, -0.15) is 9.40 Å². The first-order valence-electron chi connectivity index (χ1n) is 6.84. The van der Waals surface area contributed by atoms with E-state index in [1.165, 1.54) is 0 Å². The molecular formula is C12H17N3O6S. The molecule has 0 saturated carbocycles. The minimum atomic E-state index is -4.17. The van der Waals surface area contributed by atoms with Crippen molar-refractivity contribution in [1.29, 1.82) is 0 Å². The molecule has 0 radical (unpaired) electrons. The topological polar surface area (TPSA) is 130 Å². The molecule has 2 heterocycles. The van der Waals surface area contributed by atoms with E-state index >= 15 is 0 Å². The summed E-state index contributed by atoms with van der Waals surface area (Å²) in [7, 11) is -4.17. The minimum Gasteiger partial charge on any atom is -0.480 e. The van der Waals surface area contributed by atoms with Gasteiger partial charge in [0.05, 0.1) is 12.8 Å². The third-order valence-electron chi connectivity index (χ3n) is 3.41. The number of aliphatic carboxylic acids is 1. The lowest BCUT2D eigenvalue weighted by Gasteiger charge is -2.31. The van der Waals surface area contributed by atoms with Crippen molar-refractivity contribution in [2.45, 2.75) is 37.3 Å². The van der Waals surface area contributed by atoms with Crippen LogP contribution in [0.2, 0.25) is 0 Å². The Hall–Kier alpha value is -1.94. The minimum absolute atomic E-state index is 0.0839. The van der Waals surface area contributed by atoms with E-state index in [4.69, 9.17) is 4.74 Å². The van der Waals surface area contributed by atoms with Gasteiger partial charge in [0, 0.05) is 6.54 Å².